The van der Waals surface area contributed by atoms with Crippen LogP contribution in [0.5, 0.6) is 5.75 Å². The van der Waals surface area contributed by atoms with Crippen LogP contribution in [0.25, 0.3) is 0 Å². The van der Waals surface area contributed by atoms with E-state index >= 15 is 0 Å². The zero-order valence-electron chi connectivity index (χ0n) is 12.6. The largest absolute Gasteiger partial charge is 0.493 e. The van der Waals surface area contributed by atoms with Crippen molar-refractivity contribution in [3.63, 3.8) is 0 Å². The minimum Gasteiger partial charge on any atom is -0.493 e. The Morgan fingerprint density at radius 1 is 1.45 bits per heavy atom. The van der Waals surface area contributed by atoms with Crippen molar-refractivity contribution in [2.45, 2.75) is 25.3 Å². The van der Waals surface area contributed by atoms with Crippen molar-refractivity contribution < 1.29 is 9.53 Å². The summed E-state index contributed by atoms with van der Waals surface area (Å²) >= 11 is 5.21. The van der Waals surface area contributed by atoms with E-state index < -0.39 is 0 Å². The van der Waals surface area contributed by atoms with Crippen molar-refractivity contribution in [2.24, 2.45) is 0 Å². The Morgan fingerprint density at radius 2 is 2.36 bits per heavy atom. The second kappa shape index (κ2) is 10.1. The van der Waals surface area contributed by atoms with E-state index in [0.29, 0.717) is 19.1 Å². The van der Waals surface area contributed by atoms with Gasteiger partial charge in [0.2, 0.25) is 5.91 Å². The summed E-state index contributed by atoms with van der Waals surface area (Å²) in [5.74, 6) is 2.89. The van der Waals surface area contributed by atoms with Gasteiger partial charge in [-0.3, -0.25) is 4.79 Å². The van der Waals surface area contributed by atoms with Crippen molar-refractivity contribution >= 4 is 33.6 Å². The van der Waals surface area contributed by atoms with Crippen LogP contribution < -0.4 is 15.4 Å². The van der Waals surface area contributed by atoms with Crippen LogP contribution in [0.3, 0.4) is 0 Å². The minimum atomic E-state index is 0.158. The SMILES string of the molecule is O=C(CC1CCCN1)NCCSCCOc1cccc(Br)c1. The van der Waals surface area contributed by atoms with Gasteiger partial charge in [-0.05, 0) is 37.6 Å². The molecule has 0 spiro atoms. The van der Waals surface area contributed by atoms with Gasteiger partial charge in [-0.2, -0.15) is 11.8 Å². The minimum absolute atomic E-state index is 0.158. The van der Waals surface area contributed by atoms with Crippen LogP contribution in [0.1, 0.15) is 19.3 Å². The molecule has 122 valence electrons. The van der Waals surface area contributed by atoms with Crippen molar-refractivity contribution in [2.75, 3.05) is 31.2 Å². The summed E-state index contributed by atoms with van der Waals surface area (Å²) in [4.78, 5) is 11.7. The molecule has 2 rings (SSSR count). The van der Waals surface area contributed by atoms with Gasteiger partial charge in [0.25, 0.3) is 0 Å². The van der Waals surface area contributed by atoms with E-state index in [1.807, 2.05) is 24.3 Å². The van der Waals surface area contributed by atoms with Gasteiger partial charge in [-0.15, -0.1) is 0 Å². The molecule has 1 aromatic rings. The Bertz CT molecular complexity index is 467. The molecule has 1 aliphatic rings. The highest BCUT2D eigenvalue weighted by Gasteiger charge is 2.16. The lowest BCUT2D eigenvalue weighted by Gasteiger charge is -2.10. The highest BCUT2D eigenvalue weighted by atomic mass is 79.9. The first kappa shape index (κ1) is 17.6. The third-order valence-electron chi connectivity index (χ3n) is 3.46. The fourth-order valence-corrected chi connectivity index (χ4v) is 3.40. The number of carbonyl (C=O) groups excluding carboxylic acids is 1. The third kappa shape index (κ3) is 7.03. The number of hydrogen-bond acceptors (Lipinski definition) is 4. The Labute approximate surface area is 144 Å². The van der Waals surface area contributed by atoms with E-state index in [1.165, 1.54) is 6.42 Å². The molecule has 1 heterocycles. The van der Waals surface area contributed by atoms with Gasteiger partial charge in [-0.25, -0.2) is 0 Å². The first-order chi connectivity index (χ1) is 10.7. The van der Waals surface area contributed by atoms with Crippen molar-refractivity contribution in [1.82, 2.24) is 10.6 Å². The van der Waals surface area contributed by atoms with Crippen LogP contribution in [0.15, 0.2) is 28.7 Å². The van der Waals surface area contributed by atoms with Crippen LogP contribution in [0, 0.1) is 0 Å². The van der Waals surface area contributed by atoms with E-state index in [4.69, 9.17) is 4.74 Å². The maximum absolute atomic E-state index is 11.7. The predicted molar refractivity (Wildman–Crippen MR) is 95.6 cm³/mol. The number of amides is 1. The molecular formula is C16H23BrN2O2S. The summed E-state index contributed by atoms with van der Waals surface area (Å²) in [7, 11) is 0. The lowest BCUT2D eigenvalue weighted by Crippen LogP contribution is -2.33. The topological polar surface area (TPSA) is 50.4 Å². The summed E-state index contributed by atoms with van der Waals surface area (Å²) in [5.41, 5.74) is 0. The predicted octanol–water partition coefficient (Wildman–Crippen LogP) is 2.82. The number of halogens is 1. The second-order valence-electron chi connectivity index (χ2n) is 5.27. The van der Waals surface area contributed by atoms with Crippen LogP contribution in [0.4, 0.5) is 0 Å². The number of hydrogen-bond donors (Lipinski definition) is 2. The first-order valence-electron chi connectivity index (χ1n) is 7.70. The number of nitrogens with one attached hydrogen (secondary N) is 2. The lowest BCUT2D eigenvalue weighted by atomic mass is 10.1. The third-order valence-corrected chi connectivity index (χ3v) is 4.90. The quantitative estimate of drug-likeness (QED) is 0.640. The molecule has 1 aliphatic heterocycles. The van der Waals surface area contributed by atoms with Gasteiger partial charge in [0, 0.05) is 35.0 Å². The number of carbonyl (C=O) groups is 1. The zero-order valence-corrected chi connectivity index (χ0v) is 15.0. The molecule has 22 heavy (non-hydrogen) atoms. The highest BCUT2D eigenvalue weighted by molar-refractivity contribution is 9.10. The molecule has 0 aromatic heterocycles. The van der Waals surface area contributed by atoms with Gasteiger partial charge in [0.05, 0.1) is 6.61 Å². The summed E-state index contributed by atoms with van der Waals surface area (Å²) in [6.07, 6.45) is 2.91. The Balaban J connectivity index is 1.44. The maximum Gasteiger partial charge on any atom is 0.221 e. The second-order valence-corrected chi connectivity index (χ2v) is 7.41. The average molecular weight is 387 g/mol. The molecule has 2 N–H and O–H groups in total. The van der Waals surface area contributed by atoms with E-state index in [-0.39, 0.29) is 5.91 Å². The molecule has 1 aromatic carbocycles. The molecule has 0 saturated carbocycles. The molecule has 0 aliphatic carbocycles. The Hall–Kier alpha value is -0.720. The molecule has 1 saturated heterocycles. The summed E-state index contributed by atoms with van der Waals surface area (Å²) in [6.45, 7) is 2.46. The molecule has 1 unspecified atom stereocenters. The van der Waals surface area contributed by atoms with Gasteiger partial charge < -0.3 is 15.4 Å². The van der Waals surface area contributed by atoms with Crippen LogP contribution >= 0.6 is 27.7 Å². The van der Waals surface area contributed by atoms with E-state index in [0.717, 1.165) is 41.2 Å². The molecule has 4 nitrogen and oxygen atoms in total. The average Bonchev–Trinajstić information content (AvgIpc) is 2.99. The highest BCUT2D eigenvalue weighted by Crippen LogP contribution is 2.17. The first-order valence-corrected chi connectivity index (χ1v) is 9.65. The molecule has 0 bridgehead atoms. The van der Waals surface area contributed by atoms with Gasteiger partial charge in [0.15, 0.2) is 0 Å². The fourth-order valence-electron chi connectivity index (χ4n) is 2.37. The molecule has 1 fully saturated rings. The smallest absolute Gasteiger partial charge is 0.221 e. The normalized spacial score (nSPS) is 17.4. The van der Waals surface area contributed by atoms with E-state index in [1.54, 1.807) is 11.8 Å². The number of thioether (sulfide) groups is 1. The Morgan fingerprint density at radius 3 is 3.14 bits per heavy atom. The molecule has 6 heteroatoms. The number of ether oxygens (including phenoxy) is 1. The van der Waals surface area contributed by atoms with Gasteiger partial charge in [-0.1, -0.05) is 22.0 Å². The number of benzene rings is 1. The van der Waals surface area contributed by atoms with Gasteiger partial charge >= 0.3 is 0 Å². The molecular weight excluding hydrogens is 364 g/mol. The van der Waals surface area contributed by atoms with Crippen molar-refractivity contribution in [1.29, 1.82) is 0 Å². The standard InChI is InChI=1S/C16H23BrN2O2S/c17-13-3-1-5-15(11-13)21-8-10-22-9-7-19-16(20)12-14-4-2-6-18-14/h1,3,5,11,14,18H,2,4,6-10,12H2,(H,19,20). The van der Waals surface area contributed by atoms with E-state index in [9.17, 15) is 4.79 Å². The van der Waals surface area contributed by atoms with Crippen molar-refractivity contribution in [3.8, 4) is 5.75 Å². The Kier molecular flexibility index (Phi) is 8.12. The van der Waals surface area contributed by atoms with Gasteiger partial charge in [0.1, 0.15) is 5.75 Å². The van der Waals surface area contributed by atoms with Crippen LogP contribution in [-0.4, -0.2) is 43.2 Å². The van der Waals surface area contributed by atoms with E-state index in [2.05, 4.69) is 26.6 Å². The van der Waals surface area contributed by atoms with Crippen LogP contribution in [-0.2, 0) is 4.79 Å². The molecule has 1 atom stereocenters. The maximum atomic E-state index is 11.7. The molecule has 0 radical (unpaired) electrons. The summed E-state index contributed by atoms with van der Waals surface area (Å²) < 4.78 is 6.68. The number of rotatable bonds is 9. The fraction of sp³-hybridized carbons (Fsp3) is 0.562. The lowest BCUT2D eigenvalue weighted by molar-refractivity contribution is -0.121. The van der Waals surface area contributed by atoms with Crippen molar-refractivity contribution in [3.05, 3.63) is 28.7 Å². The zero-order chi connectivity index (χ0) is 15.6. The molecule has 1 amide bonds. The summed E-state index contributed by atoms with van der Waals surface area (Å²) in [6, 6.07) is 8.23. The monoisotopic (exact) mass is 386 g/mol. The van der Waals surface area contributed by atoms with Crippen LogP contribution in [0.2, 0.25) is 0 Å². The summed E-state index contributed by atoms with van der Waals surface area (Å²) in [5, 5.41) is 6.32.